The second-order valence-corrected chi connectivity index (χ2v) is 6.23. The topological polar surface area (TPSA) is 75.9 Å². The Hall–Kier alpha value is -1.70. The Kier molecular flexibility index (Phi) is 7.16. The van der Waals surface area contributed by atoms with E-state index in [1.807, 2.05) is 24.0 Å². The Morgan fingerprint density at radius 3 is 2.76 bits per heavy atom. The zero-order valence-corrected chi connectivity index (χ0v) is 15.6. The molecule has 1 unspecified atom stereocenters. The van der Waals surface area contributed by atoms with Crippen LogP contribution in [0.2, 0.25) is 5.02 Å². The Morgan fingerprint density at radius 2 is 2.04 bits per heavy atom. The number of benzene rings is 1. The van der Waals surface area contributed by atoms with Gasteiger partial charge in [-0.05, 0) is 48.9 Å². The molecule has 0 bridgehead atoms. The largest absolute Gasteiger partial charge is 0.339 e. The van der Waals surface area contributed by atoms with Crippen LogP contribution < -0.4 is 5.32 Å². The number of tetrazole rings is 1. The molecule has 7 nitrogen and oxygen atoms in total. The van der Waals surface area contributed by atoms with Gasteiger partial charge in [-0.2, -0.15) is 4.80 Å². The number of hydrogen-bond donors (Lipinski definition) is 1. The van der Waals surface area contributed by atoms with Crippen LogP contribution in [0.25, 0.3) is 11.4 Å². The summed E-state index contributed by atoms with van der Waals surface area (Å²) in [6.45, 7) is 5.21. The molecule has 1 N–H and O–H groups in total. The van der Waals surface area contributed by atoms with Crippen molar-refractivity contribution in [1.29, 1.82) is 0 Å². The summed E-state index contributed by atoms with van der Waals surface area (Å²) in [5.74, 6) is 0.553. The fraction of sp³-hybridized carbons (Fsp3) is 0.500. The van der Waals surface area contributed by atoms with Crippen molar-refractivity contribution in [3.8, 4) is 11.4 Å². The molecule has 1 amide bonds. The van der Waals surface area contributed by atoms with Crippen LogP contribution >= 0.6 is 24.0 Å². The van der Waals surface area contributed by atoms with Crippen LogP contribution in [0.5, 0.6) is 0 Å². The minimum Gasteiger partial charge on any atom is -0.339 e. The summed E-state index contributed by atoms with van der Waals surface area (Å²) in [6, 6.07) is 6.82. The van der Waals surface area contributed by atoms with Crippen molar-refractivity contribution in [2.45, 2.75) is 25.8 Å². The van der Waals surface area contributed by atoms with Gasteiger partial charge >= 0.3 is 0 Å². The van der Waals surface area contributed by atoms with Gasteiger partial charge in [0.1, 0.15) is 0 Å². The molecule has 2 aromatic rings. The highest BCUT2D eigenvalue weighted by Crippen LogP contribution is 2.19. The number of nitrogens with one attached hydrogen (secondary N) is 1. The summed E-state index contributed by atoms with van der Waals surface area (Å²) >= 11 is 5.90. The van der Waals surface area contributed by atoms with Crippen molar-refractivity contribution in [2.24, 2.45) is 0 Å². The fourth-order valence-electron chi connectivity index (χ4n) is 2.79. The molecule has 0 saturated carbocycles. The van der Waals surface area contributed by atoms with Crippen LogP contribution in [0.4, 0.5) is 0 Å². The van der Waals surface area contributed by atoms with Crippen molar-refractivity contribution < 1.29 is 4.79 Å². The Morgan fingerprint density at radius 1 is 1.28 bits per heavy atom. The van der Waals surface area contributed by atoms with Crippen LogP contribution in [0.3, 0.4) is 0 Å². The van der Waals surface area contributed by atoms with Gasteiger partial charge < -0.3 is 10.2 Å². The average Bonchev–Trinajstić information content (AvgIpc) is 2.91. The third kappa shape index (κ3) is 4.68. The SMILES string of the molecule is CCC(C(=O)N1CCCNCC1)n1nnc(-c2ccc(Cl)cc2)n1.Cl. The van der Waals surface area contributed by atoms with Gasteiger partial charge in [-0.15, -0.1) is 22.6 Å². The lowest BCUT2D eigenvalue weighted by molar-refractivity contribution is -0.135. The van der Waals surface area contributed by atoms with E-state index in [1.165, 1.54) is 4.80 Å². The fourth-order valence-corrected chi connectivity index (χ4v) is 2.91. The van der Waals surface area contributed by atoms with Crippen LogP contribution in [-0.2, 0) is 4.79 Å². The molecule has 25 heavy (non-hydrogen) atoms. The summed E-state index contributed by atoms with van der Waals surface area (Å²) < 4.78 is 0. The van der Waals surface area contributed by atoms with Gasteiger partial charge in [0.05, 0.1) is 0 Å². The molecule has 1 aliphatic heterocycles. The van der Waals surface area contributed by atoms with Crippen molar-refractivity contribution in [1.82, 2.24) is 30.4 Å². The molecular formula is C16H22Cl2N6O. The molecule has 1 aliphatic rings. The van der Waals surface area contributed by atoms with E-state index in [1.54, 1.807) is 12.1 Å². The van der Waals surface area contributed by atoms with Crippen LogP contribution in [0.15, 0.2) is 24.3 Å². The molecule has 0 aliphatic carbocycles. The minimum atomic E-state index is -0.420. The van der Waals surface area contributed by atoms with Crippen molar-refractivity contribution >= 4 is 29.9 Å². The van der Waals surface area contributed by atoms with E-state index in [2.05, 4.69) is 20.7 Å². The first kappa shape index (κ1) is 19.6. The number of aromatic nitrogens is 4. The highest BCUT2D eigenvalue weighted by atomic mass is 35.5. The first-order chi connectivity index (χ1) is 11.7. The molecular weight excluding hydrogens is 363 g/mol. The van der Waals surface area contributed by atoms with E-state index >= 15 is 0 Å². The van der Waals surface area contributed by atoms with E-state index in [0.29, 0.717) is 23.8 Å². The maximum atomic E-state index is 12.8. The van der Waals surface area contributed by atoms with Gasteiger partial charge in [-0.1, -0.05) is 18.5 Å². The monoisotopic (exact) mass is 384 g/mol. The van der Waals surface area contributed by atoms with Gasteiger partial charge in [-0.3, -0.25) is 4.79 Å². The number of rotatable bonds is 4. The van der Waals surface area contributed by atoms with Gasteiger partial charge in [0.25, 0.3) is 0 Å². The first-order valence-corrected chi connectivity index (χ1v) is 8.62. The molecule has 0 spiro atoms. The normalized spacial score (nSPS) is 16.0. The molecule has 136 valence electrons. The molecule has 1 atom stereocenters. The standard InChI is InChI=1S/C16H21ClN6O.ClH/c1-2-14(16(24)22-10-3-8-18-9-11-22)23-20-15(19-21-23)12-4-6-13(17)7-5-12;/h4-7,14,18H,2-3,8-11H2,1H3;1H. The molecule has 9 heteroatoms. The zero-order chi connectivity index (χ0) is 16.9. The molecule has 1 fully saturated rings. The minimum absolute atomic E-state index is 0. The smallest absolute Gasteiger partial charge is 0.249 e. The highest BCUT2D eigenvalue weighted by Gasteiger charge is 2.27. The summed E-state index contributed by atoms with van der Waals surface area (Å²) in [7, 11) is 0. The molecule has 2 heterocycles. The van der Waals surface area contributed by atoms with Crippen LogP contribution in [-0.4, -0.2) is 57.2 Å². The lowest BCUT2D eigenvalue weighted by atomic mass is 10.2. The number of carbonyl (C=O) groups excluding carboxylic acids is 1. The molecule has 1 aromatic heterocycles. The van der Waals surface area contributed by atoms with Crippen LogP contribution in [0, 0.1) is 0 Å². The maximum Gasteiger partial charge on any atom is 0.249 e. The number of nitrogens with zero attached hydrogens (tertiary/aromatic N) is 5. The summed E-state index contributed by atoms with van der Waals surface area (Å²) in [5, 5.41) is 16.6. The van der Waals surface area contributed by atoms with Gasteiger partial charge in [-0.25, -0.2) is 0 Å². The summed E-state index contributed by atoms with van der Waals surface area (Å²) in [5.41, 5.74) is 0.826. The average molecular weight is 385 g/mol. The van der Waals surface area contributed by atoms with E-state index in [4.69, 9.17) is 11.6 Å². The number of halogens is 2. The third-order valence-corrected chi connectivity index (χ3v) is 4.38. The predicted octanol–water partition coefficient (Wildman–Crippen LogP) is 2.19. The summed E-state index contributed by atoms with van der Waals surface area (Å²) in [4.78, 5) is 16.1. The second-order valence-electron chi connectivity index (χ2n) is 5.79. The number of hydrogen-bond acceptors (Lipinski definition) is 5. The highest BCUT2D eigenvalue weighted by molar-refractivity contribution is 6.30. The Bertz CT molecular complexity index is 682. The van der Waals surface area contributed by atoms with Gasteiger partial charge in [0, 0.05) is 30.2 Å². The molecule has 3 rings (SSSR count). The maximum absolute atomic E-state index is 12.8. The first-order valence-electron chi connectivity index (χ1n) is 8.24. The van der Waals surface area contributed by atoms with E-state index in [9.17, 15) is 4.79 Å². The third-order valence-electron chi connectivity index (χ3n) is 4.13. The number of amides is 1. The second kappa shape index (κ2) is 9.12. The van der Waals surface area contributed by atoms with Crippen molar-refractivity contribution in [3.05, 3.63) is 29.3 Å². The lowest BCUT2D eigenvalue weighted by Crippen LogP contribution is -2.40. The molecule has 1 aromatic carbocycles. The predicted molar refractivity (Wildman–Crippen MR) is 98.9 cm³/mol. The van der Waals surface area contributed by atoms with Gasteiger partial charge in [0.2, 0.25) is 11.7 Å². The van der Waals surface area contributed by atoms with E-state index in [-0.39, 0.29) is 18.3 Å². The number of carbonyl (C=O) groups is 1. The summed E-state index contributed by atoms with van der Waals surface area (Å²) in [6.07, 6.45) is 1.59. The Balaban J connectivity index is 0.00000225. The van der Waals surface area contributed by atoms with Crippen molar-refractivity contribution in [2.75, 3.05) is 26.2 Å². The Labute approximate surface area is 158 Å². The zero-order valence-electron chi connectivity index (χ0n) is 14.1. The van der Waals surface area contributed by atoms with Crippen LogP contribution in [0.1, 0.15) is 25.8 Å². The molecule has 1 saturated heterocycles. The van der Waals surface area contributed by atoms with E-state index < -0.39 is 6.04 Å². The van der Waals surface area contributed by atoms with E-state index in [0.717, 1.165) is 31.6 Å². The van der Waals surface area contributed by atoms with Gasteiger partial charge in [0.15, 0.2) is 6.04 Å². The molecule has 0 radical (unpaired) electrons. The quantitative estimate of drug-likeness (QED) is 0.873. The lowest BCUT2D eigenvalue weighted by Gasteiger charge is -2.24. The van der Waals surface area contributed by atoms with Crippen molar-refractivity contribution in [3.63, 3.8) is 0 Å².